The van der Waals surface area contributed by atoms with Gasteiger partial charge in [0, 0.05) is 5.57 Å². The normalized spacial score (nSPS) is 10.5. The van der Waals surface area contributed by atoms with E-state index in [9.17, 15) is 17.8 Å². The zero-order valence-corrected chi connectivity index (χ0v) is 12.0. The number of rotatable bonds is 5. The lowest BCUT2D eigenvalue weighted by atomic mass is 10.4. The summed E-state index contributed by atoms with van der Waals surface area (Å²) < 4.78 is 35.9. The van der Waals surface area contributed by atoms with Crippen LogP contribution < -0.4 is 0 Å². The van der Waals surface area contributed by atoms with E-state index in [1.807, 2.05) is 0 Å². The molecule has 0 aromatic heterocycles. The minimum Gasteiger partial charge on any atom is -0.726 e. The Kier molecular flexibility index (Phi) is 10.5. The largest absolute Gasteiger partial charge is 0.726 e. The lowest BCUT2D eigenvalue weighted by molar-refractivity contribution is -0.138. The van der Waals surface area contributed by atoms with E-state index in [-0.39, 0.29) is 5.97 Å². The molecule has 0 fully saturated rings. The third kappa shape index (κ3) is 18.0. The Morgan fingerprint density at radius 3 is 2.06 bits per heavy atom. The van der Waals surface area contributed by atoms with Crippen molar-refractivity contribution >= 4 is 27.3 Å². The first-order chi connectivity index (χ1) is 7.60. The second-order valence-electron chi connectivity index (χ2n) is 3.18. The van der Waals surface area contributed by atoms with Gasteiger partial charge in [0.25, 0.3) is 0 Å². The minimum absolute atomic E-state index is 0.282. The first-order valence-electron chi connectivity index (χ1n) is 4.48. The molecular formula is C9H18O6S2. The maximum atomic E-state index is 10.8. The first-order valence-corrected chi connectivity index (χ1v) is 8.02. The first kappa shape index (κ1) is 18.8. The van der Waals surface area contributed by atoms with Crippen molar-refractivity contribution in [3.05, 3.63) is 12.2 Å². The SMILES string of the molecule is C=C(C)C(=O)OCC[S+](C)C.COS(=O)(=O)[O-]. The second-order valence-corrected chi connectivity index (χ2v) is 6.71. The molecule has 0 amide bonds. The van der Waals surface area contributed by atoms with Crippen LogP contribution in [-0.4, -0.2) is 50.9 Å². The standard InChI is InChI=1S/C8H15O2S.CH4O4S/c1-7(2)8(9)10-5-6-11(3)4;1-5-6(2,3)4/h1,5-6H2,2-4H3;1H3,(H,2,3,4)/q+1;/p-1. The topological polar surface area (TPSA) is 92.7 Å². The second kappa shape index (κ2) is 9.46. The predicted octanol–water partition coefficient (Wildman–Crippen LogP) is 0.0766. The molecule has 0 heterocycles. The summed E-state index contributed by atoms with van der Waals surface area (Å²) in [5.74, 6) is 0.661. The van der Waals surface area contributed by atoms with Crippen LogP contribution in [0.15, 0.2) is 12.2 Å². The highest BCUT2D eigenvalue weighted by molar-refractivity contribution is 7.95. The van der Waals surface area contributed by atoms with Gasteiger partial charge in [0.1, 0.15) is 12.4 Å². The van der Waals surface area contributed by atoms with Crippen LogP contribution in [0.2, 0.25) is 0 Å². The van der Waals surface area contributed by atoms with Gasteiger partial charge in [-0.3, -0.25) is 4.18 Å². The van der Waals surface area contributed by atoms with Crippen LogP contribution in [0.25, 0.3) is 0 Å². The molecule has 0 N–H and O–H groups in total. The molecule has 102 valence electrons. The van der Waals surface area contributed by atoms with Gasteiger partial charge in [-0.15, -0.1) is 0 Å². The van der Waals surface area contributed by atoms with Crippen LogP contribution in [0, 0.1) is 0 Å². The van der Waals surface area contributed by atoms with Crippen molar-refractivity contribution in [2.75, 3.05) is 32.0 Å². The Balaban J connectivity index is 0. The summed E-state index contributed by atoms with van der Waals surface area (Å²) >= 11 is 0. The van der Waals surface area contributed by atoms with Gasteiger partial charge in [-0.2, -0.15) is 0 Å². The highest BCUT2D eigenvalue weighted by Gasteiger charge is 2.06. The molecule has 0 aliphatic heterocycles. The molecule has 0 atom stereocenters. The van der Waals surface area contributed by atoms with Gasteiger partial charge < -0.3 is 9.29 Å². The van der Waals surface area contributed by atoms with Gasteiger partial charge in [-0.1, -0.05) is 6.58 Å². The van der Waals surface area contributed by atoms with Gasteiger partial charge in [0.15, 0.2) is 0 Å². The molecule has 0 spiro atoms. The van der Waals surface area contributed by atoms with E-state index in [0.717, 1.165) is 12.9 Å². The number of carbonyl (C=O) groups is 1. The molecule has 0 aliphatic rings. The lowest BCUT2D eigenvalue weighted by Crippen LogP contribution is -2.13. The van der Waals surface area contributed by atoms with Crippen LogP contribution in [-0.2, 0) is 35.0 Å². The predicted molar refractivity (Wildman–Crippen MR) is 66.6 cm³/mol. The summed E-state index contributed by atoms with van der Waals surface area (Å²) in [5, 5.41) is 0. The Labute approximate surface area is 105 Å². The van der Waals surface area contributed by atoms with E-state index >= 15 is 0 Å². The number of ether oxygens (including phenoxy) is 1. The summed E-state index contributed by atoms with van der Waals surface area (Å²) in [4.78, 5) is 10.8. The van der Waals surface area contributed by atoms with Crippen LogP contribution >= 0.6 is 0 Å². The fraction of sp³-hybridized carbons (Fsp3) is 0.667. The molecule has 0 bridgehead atoms. The molecule has 0 aromatic carbocycles. The molecule has 0 saturated heterocycles. The Bertz CT molecular complexity index is 333. The fourth-order valence-corrected chi connectivity index (χ4v) is 0.841. The lowest BCUT2D eigenvalue weighted by Gasteiger charge is -2.01. The molecule has 0 radical (unpaired) electrons. The summed E-state index contributed by atoms with van der Waals surface area (Å²) in [7, 11) is -3.26. The fourth-order valence-electron chi connectivity index (χ4n) is 0.424. The van der Waals surface area contributed by atoms with Crippen molar-refractivity contribution in [1.82, 2.24) is 0 Å². The maximum absolute atomic E-state index is 10.8. The quantitative estimate of drug-likeness (QED) is 0.233. The van der Waals surface area contributed by atoms with Crippen molar-refractivity contribution in [1.29, 1.82) is 0 Å². The van der Waals surface area contributed by atoms with Gasteiger partial charge in [0.2, 0.25) is 10.4 Å². The van der Waals surface area contributed by atoms with Gasteiger partial charge in [-0.25, -0.2) is 13.2 Å². The molecule has 6 nitrogen and oxygen atoms in total. The summed E-state index contributed by atoms with van der Waals surface area (Å²) in [5.41, 5.74) is 0.470. The van der Waals surface area contributed by atoms with E-state index in [0.29, 0.717) is 23.1 Å². The average Bonchev–Trinajstić information content (AvgIpc) is 2.16. The smallest absolute Gasteiger partial charge is 0.333 e. The molecule has 0 aromatic rings. The summed E-state index contributed by atoms with van der Waals surface area (Å²) in [6.45, 7) is 5.65. The summed E-state index contributed by atoms with van der Waals surface area (Å²) in [6.07, 6.45) is 4.24. The number of esters is 1. The number of hydrogen-bond donors (Lipinski definition) is 0. The zero-order valence-electron chi connectivity index (χ0n) is 10.4. The third-order valence-electron chi connectivity index (χ3n) is 1.28. The van der Waals surface area contributed by atoms with Gasteiger partial charge >= 0.3 is 5.97 Å². The molecule has 0 unspecified atom stereocenters. The number of carbonyl (C=O) groups excluding carboxylic acids is 1. The van der Waals surface area contributed by atoms with Gasteiger partial charge in [0.05, 0.1) is 19.6 Å². The Hall–Kier alpha value is -0.570. The highest BCUT2D eigenvalue weighted by Crippen LogP contribution is 1.92. The average molecular weight is 286 g/mol. The molecule has 17 heavy (non-hydrogen) atoms. The summed E-state index contributed by atoms with van der Waals surface area (Å²) in [6, 6.07) is 0. The van der Waals surface area contributed by atoms with E-state index in [1.165, 1.54) is 0 Å². The number of hydrogen-bond acceptors (Lipinski definition) is 6. The van der Waals surface area contributed by atoms with Crippen molar-refractivity contribution < 1.29 is 26.7 Å². The third-order valence-corrected chi connectivity index (χ3v) is 2.67. The van der Waals surface area contributed by atoms with E-state index in [2.05, 4.69) is 23.3 Å². The maximum Gasteiger partial charge on any atom is 0.333 e. The zero-order chi connectivity index (χ0) is 14.1. The van der Waals surface area contributed by atoms with E-state index < -0.39 is 10.4 Å². The molecule has 0 saturated carbocycles. The monoisotopic (exact) mass is 286 g/mol. The van der Waals surface area contributed by atoms with Gasteiger partial charge in [-0.05, 0) is 17.8 Å². The molecule has 8 heteroatoms. The van der Waals surface area contributed by atoms with Crippen LogP contribution in [0.3, 0.4) is 0 Å². The Morgan fingerprint density at radius 2 is 1.82 bits per heavy atom. The van der Waals surface area contributed by atoms with E-state index in [4.69, 9.17) is 4.74 Å². The van der Waals surface area contributed by atoms with Crippen molar-refractivity contribution in [2.24, 2.45) is 0 Å². The van der Waals surface area contributed by atoms with Crippen LogP contribution in [0.5, 0.6) is 0 Å². The van der Waals surface area contributed by atoms with Crippen molar-refractivity contribution in [2.45, 2.75) is 6.92 Å². The van der Waals surface area contributed by atoms with Crippen LogP contribution in [0.4, 0.5) is 0 Å². The molecule has 0 aliphatic carbocycles. The Morgan fingerprint density at radius 1 is 1.41 bits per heavy atom. The van der Waals surface area contributed by atoms with Crippen LogP contribution in [0.1, 0.15) is 6.92 Å². The van der Waals surface area contributed by atoms with E-state index in [1.54, 1.807) is 6.92 Å². The minimum atomic E-state index is -4.41. The molecule has 0 rings (SSSR count). The highest BCUT2D eigenvalue weighted by atomic mass is 32.3. The van der Waals surface area contributed by atoms with Crippen molar-refractivity contribution in [3.63, 3.8) is 0 Å². The van der Waals surface area contributed by atoms with Crippen molar-refractivity contribution in [3.8, 4) is 0 Å². The molecular weight excluding hydrogens is 268 g/mol.